The summed E-state index contributed by atoms with van der Waals surface area (Å²) in [7, 11) is 0.436. The van der Waals surface area contributed by atoms with Crippen molar-refractivity contribution in [2.75, 3.05) is 0 Å². The maximum atomic E-state index is 12.2. The van der Waals surface area contributed by atoms with Gasteiger partial charge >= 0.3 is 0 Å². The molecule has 168 valence electrons. The van der Waals surface area contributed by atoms with Gasteiger partial charge in [-0.05, 0) is 19.3 Å². The first-order valence-electron chi connectivity index (χ1n) is 13.1. The number of unbranched alkanes of at least 4 members (excludes halogenated alkanes) is 16. The number of hydrogen-bond acceptors (Lipinski definition) is 1. The maximum Gasteiger partial charge on any atom is 0.162 e. The summed E-state index contributed by atoms with van der Waals surface area (Å²) in [6, 6.07) is 0. The molecule has 0 saturated carbocycles. The van der Waals surface area contributed by atoms with E-state index < -0.39 is 0 Å². The highest BCUT2D eigenvalue weighted by Gasteiger charge is 2.29. The van der Waals surface area contributed by atoms with Crippen LogP contribution >= 0.6 is 8.46 Å². The lowest BCUT2D eigenvalue weighted by atomic mass is 9.88. The van der Waals surface area contributed by atoms with Gasteiger partial charge in [-0.3, -0.25) is 4.57 Å². The minimum atomic E-state index is 0.0968. The lowest BCUT2D eigenvalue weighted by molar-refractivity contribution is 0.391. The first-order chi connectivity index (χ1) is 13.7. The molecule has 0 aromatic rings. The van der Waals surface area contributed by atoms with Gasteiger partial charge in [0, 0.05) is 0 Å². The molecular formula is C26H53OP. The number of rotatable bonds is 23. The Hall–Kier alpha value is 0.100. The molecule has 0 amide bonds. The summed E-state index contributed by atoms with van der Waals surface area (Å²) in [6.45, 7) is 6.84. The molecule has 0 aliphatic heterocycles. The third kappa shape index (κ3) is 17.0. The highest BCUT2D eigenvalue weighted by Crippen LogP contribution is 2.40. The monoisotopic (exact) mass is 412 g/mol. The zero-order valence-electron chi connectivity index (χ0n) is 19.9. The minimum Gasteiger partial charge on any atom is -0.274 e. The fourth-order valence-corrected chi connectivity index (χ4v) is 5.14. The van der Waals surface area contributed by atoms with Crippen LogP contribution in [0.2, 0.25) is 0 Å². The van der Waals surface area contributed by atoms with Crippen LogP contribution < -0.4 is 0 Å². The second-order valence-corrected chi connectivity index (χ2v) is 10.4. The van der Waals surface area contributed by atoms with Crippen molar-refractivity contribution in [1.82, 2.24) is 0 Å². The standard InChI is InChI=1S/C26H53OP/c1-4-7-10-12-14-16-18-21-24-26(28-27,23-20-9-6-3)25-22-19-17-15-13-11-8-5-2/h4-25H2,1-3H3. The first kappa shape index (κ1) is 28.1. The van der Waals surface area contributed by atoms with E-state index in [1.165, 1.54) is 141 Å². The second-order valence-electron chi connectivity index (χ2n) is 9.22. The molecular weight excluding hydrogens is 359 g/mol. The molecule has 0 aliphatic rings. The van der Waals surface area contributed by atoms with Gasteiger partial charge in [0.05, 0.1) is 5.16 Å². The molecule has 0 rings (SSSR count). The Morgan fingerprint density at radius 3 is 1.00 bits per heavy atom. The molecule has 1 nitrogen and oxygen atoms in total. The van der Waals surface area contributed by atoms with Crippen LogP contribution in [0, 0.1) is 0 Å². The number of hydrogen-bond donors (Lipinski definition) is 0. The van der Waals surface area contributed by atoms with Crippen molar-refractivity contribution in [1.29, 1.82) is 0 Å². The van der Waals surface area contributed by atoms with Gasteiger partial charge in [0.25, 0.3) is 0 Å². The molecule has 0 aromatic heterocycles. The molecule has 0 fully saturated rings. The van der Waals surface area contributed by atoms with Crippen molar-refractivity contribution >= 4 is 8.46 Å². The van der Waals surface area contributed by atoms with Crippen LogP contribution in [0.5, 0.6) is 0 Å². The Morgan fingerprint density at radius 2 is 0.679 bits per heavy atom. The average molecular weight is 413 g/mol. The maximum absolute atomic E-state index is 12.2. The van der Waals surface area contributed by atoms with E-state index in [2.05, 4.69) is 20.8 Å². The molecule has 0 aliphatic carbocycles. The quantitative estimate of drug-likeness (QED) is 0.120. The Labute approximate surface area is 180 Å². The van der Waals surface area contributed by atoms with Crippen molar-refractivity contribution in [3.05, 3.63) is 0 Å². The fraction of sp³-hybridized carbons (Fsp3) is 1.00. The highest BCUT2D eigenvalue weighted by molar-refractivity contribution is 7.26. The van der Waals surface area contributed by atoms with Crippen LogP contribution in [0.15, 0.2) is 0 Å². The Morgan fingerprint density at radius 1 is 0.429 bits per heavy atom. The third-order valence-electron chi connectivity index (χ3n) is 6.43. The smallest absolute Gasteiger partial charge is 0.162 e. The highest BCUT2D eigenvalue weighted by atomic mass is 31.1. The van der Waals surface area contributed by atoms with Gasteiger partial charge in [0.15, 0.2) is 8.46 Å². The predicted octanol–water partition coefficient (Wildman–Crippen LogP) is 10.7. The average Bonchev–Trinajstić information content (AvgIpc) is 2.71. The molecule has 0 bridgehead atoms. The van der Waals surface area contributed by atoms with E-state index in [1.54, 1.807) is 0 Å². The van der Waals surface area contributed by atoms with Crippen LogP contribution in [0.1, 0.15) is 162 Å². The molecule has 0 saturated heterocycles. The molecule has 2 heteroatoms. The van der Waals surface area contributed by atoms with Crippen molar-refractivity contribution in [3.8, 4) is 0 Å². The molecule has 28 heavy (non-hydrogen) atoms. The molecule has 0 atom stereocenters. The lowest BCUT2D eigenvalue weighted by Crippen LogP contribution is -2.22. The summed E-state index contributed by atoms with van der Waals surface area (Å²) >= 11 is 0. The zero-order valence-corrected chi connectivity index (χ0v) is 20.8. The van der Waals surface area contributed by atoms with Crippen LogP contribution in [-0.2, 0) is 4.57 Å². The third-order valence-corrected chi connectivity index (χ3v) is 7.49. The van der Waals surface area contributed by atoms with Crippen LogP contribution in [0.4, 0.5) is 0 Å². The van der Waals surface area contributed by atoms with Gasteiger partial charge in [0.2, 0.25) is 0 Å². The Balaban J connectivity index is 4.08. The lowest BCUT2D eigenvalue weighted by Gasteiger charge is -2.27. The largest absolute Gasteiger partial charge is 0.274 e. The molecule has 0 N–H and O–H groups in total. The van der Waals surface area contributed by atoms with Gasteiger partial charge in [0.1, 0.15) is 0 Å². The van der Waals surface area contributed by atoms with Crippen molar-refractivity contribution in [3.63, 3.8) is 0 Å². The van der Waals surface area contributed by atoms with E-state index in [-0.39, 0.29) is 5.16 Å². The SMILES string of the molecule is CCCCCCCCCCC(CCCCC)(CCCCCCCCCC)P=O. The Kier molecular flexibility index (Phi) is 21.9. The van der Waals surface area contributed by atoms with Gasteiger partial charge < -0.3 is 0 Å². The second kappa shape index (κ2) is 21.8. The summed E-state index contributed by atoms with van der Waals surface area (Å²) in [4.78, 5) is 0. The summed E-state index contributed by atoms with van der Waals surface area (Å²) in [5.74, 6) is 0. The molecule has 0 radical (unpaired) electrons. The summed E-state index contributed by atoms with van der Waals surface area (Å²) < 4.78 is 12.2. The van der Waals surface area contributed by atoms with Crippen LogP contribution in [-0.4, -0.2) is 5.16 Å². The van der Waals surface area contributed by atoms with Crippen LogP contribution in [0.25, 0.3) is 0 Å². The van der Waals surface area contributed by atoms with E-state index in [9.17, 15) is 4.57 Å². The van der Waals surface area contributed by atoms with E-state index in [4.69, 9.17) is 0 Å². The van der Waals surface area contributed by atoms with Gasteiger partial charge in [-0.2, -0.15) is 0 Å². The molecule has 0 heterocycles. The van der Waals surface area contributed by atoms with Gasteiger partial charge in [-0.1, -0.05) is 143 Å². The van der Waals surface area contributed by atoms with E-state index in [0.717, 1.165) is 0 Å². The normalized spacial score (nSPS) is 12.1. The zero-order chi connectivity index (χ0) is 20.8. The van der Waals surface area contributed by atoms with Crippen molar-refractivity contribution in [2.24, 2.45) is 0 Å². The summed E-state index contributed by atoms with van der Waals surface area (Å²) in [6.07, 6.45) is 29.3. The van der Waals surface area contributed by atoms with E-state index in [0.29, 0.717) is 8.46 Å². The predicted molar refractivity (Wildman–Crippen MR) is 129 cm³/mol. The Bertz CT molecular complexity index is 296. The topological polar surface area (TPSA) is 17.1 Å². The molecule has 0 unspecified atom stereocenters. The van der Waals surface area contributed by atoms with E-state index >= 15 is 0 Å². The van der Waals surface area contributed by atoms with E-state index in [1.807, 2.05) is 0 Å². The summed E-state index contributed by atoms with van der Waals surface area (Å²) in [5, 5.41) is 0.0968. The summed E-state index contributed by atoms with van der Waals surface area (Å²) in [5.41, 5.74) is 0. The van der Waals surface area contributed by atoms with Crippen molar-refractivity contribution in [2.45, 2.75) is 167 Å². The fourth-order valence-electron chi connectivity index (χ4n) is 4.39. The van der Waals surface area contributed by atoms with Gasteiger partial charge in [-0.25, -0.2) is 0 Å². The molecule has 0 spiro atoms. The van der Waals surface area contributed by atoms with Crippen molar-refractivity contribution < 1.29 is 4.57 Å². The minimum absolute atomic E-state index is 0.0968. The molecule has 0 aromatic carbocycles. The van der Waals surface area contributed by atoms with Gasteiger partial charge in [-0.15, -0.1) is 0 Å². The van der Waals surface area contributed by atoms with Crippen LogP contribution in [0.3, 0.4) is 0 Å². The first-order valence-corrected chi connectivity index (χ1v) is 13.9.